The average Bonchev–Trinajstić information content (AvgIpc) is 3.54. The molecule has 0 bridgehead atoms. The Bertz CT molecular complexity index is 1320. The largest absolute Gasteiger partial charge is 0.417 e. The Kier molecular flexibility index (Phi) is 5.85. The van der Waals surface area contributed by atoms with Crippen molar-refractivity contribution in [2.45, 2.75) is 24.9 Å². The molecule has 8 heteroatoms. The lowest BCUT2D eigenvalue weighted by molar-refractivity contribution is -0.137. The van der Waals surface area contributed by atoms with E-state index in [1.807, 2.05) is 6.07 Å². The highest BCUT2D eigenvalue weighted by Gasteiger charge is 2.60. The van der Waals surface area contributed by atoms with E-state index >= 15 is 0 Å². The van der Waals surface area contributed by atoms with Gasteiger partial charge < -0.3 is 5.32 Å². The second kappa shape index (κ2) is 8.64. The van der Waals surface area contributed by atoms with Crippen molar-refractivity contribution in [3.8, 4) is 12.1 Å². The Morgan fingerprint density at radius 2 is 1.68 bits per heavy atom. The molecule has 0 aromatic heterocycles. The number of nitriles is 2. The first-order chi connectivity index (χ1) is 16.2. The SMILES string of the molecule is N#Cc1ccc(CC2(C(=O)Nc3ccc(C#N)c(C(F)(F)F)c3)CC2c2ccc(F)cc2)cc1. The molecular weight excluding hydrogens is 446 g/mol. The highest BCUT2D eigenvalue weighted by atomic mass is 19.4. The van der Waals surface area contributed by atoms with Gasteiger partial charge in [0, 0.05) is 5.69 Å². The molecule has 0 aliphatic heterocycles. The van der Waals surface area contributed by atoms with Crippen LogP contribution in [-0.2, 0) is 17.4 Å². The molecule has 0 heterocycles. The summed E-state index contributed by atoms with van der Waals surface area (Å²) in [5, 5.41) is 20.6. The number of hydrogen-bond donors (Lipinski definition) is 1. The molecule has 3 aromatic rings. The molecule has 4 nitrogen and oxygen atoms in total. The molecule has 1 aliphatic rings. The summed E-state index contributed by atoms with van der Waals surface area (Å²) in [4.78, 5) is 13.4. The number of nitrogens with one attached hydrogen (secondary N) is 1. The van der Waals surface area contributed by atoms with E-state index in [2.05, 4.69) is 5.32 Å². The molecule has 170 valence electrons. The number of rotatable bonds is 5. The number of alkyl halides is 3. The molecule has 0 radical (unpaired) electrons. The Hall–Kier alpha value is -4.17. The van der Waals surface area contributed by atoms with Gasteiger partial charge in [0.1, 0.15) is 5.82 Å². The van der Waals surface area contributed by atoms with Gasteiger partial charge in [0.2, 0.25) is 5.91 Å². The minimum absolute atomic E-state index is 0.0692. The Labute approximate surface area is 193 Å². The normalized spacial score (nSPS) is 19.1. The highest BCUT2D eigenvalue weighted by Crippen LogP contribution is 2.61. The summed E-state index contributed by atoms with van der Waals surface area (Å²) in [6.45, 7) is 0. The fraction of sp³-hybridized carbons (Fsp3) is 0.192. The van der Waals surface area contributed by atoms with Crippen molar-refractivity contribution in [1.82, 2.24) is 0 Å². The lowest BCUT2D eigenvalue weighted by atomic mass is 9.90. The zero-order valence-electron chi connectivity index (χ0n) is 17.7. The highest BCUT2D eigenvalue weighted by molar-refractivity contribution is 5.99. The number of anilines is 1. The van der Waals surface area contributed by atoms with Gasteiger partial charge in [-0.15, -0.1) is 0 Å². The van der Waals surface area contributed by atoms with Crippen molar-refractivity contribution < 1.29 is 22.4 Å². The van der Waals surface area contributed by atoms with Crippen molar-refractivity contribution in [1.29, 1.82) is 10.5 Å². The molecule has 0 spiro atoms. The van der Waals surface area contributed by atoms with E-state index in [1.165, 1.54) is 24.3 Å². The number of halogens is 4. The molecule has 1 aliphatic carbocycles. The fourth-order valence-electron chi connectivity index (χ4n) is 4.23. The maximum absolute atomic E-state index is 13.4. The number of benzene rings is 3. The average molecular weight is 463 g/mol. The van der Waals surface area contributed by atoms with E-state index in [-0.39, 0.29) is 18.0 Å². The number of nitrogens with zero attached hydrogens (tertiary/aromatic N) is 2. The predicted octanol–water partition coefficient (Wildman–Crippen LogP) is 5.94. The summed E-state index contributed by atoms with van der Waals surface area (Å²) in [7, 11) is 0. The van der Waals surface area contributed by atoms with E-state index in [0.29, 0.717) is 12.0 Å². The van der Waals surface area contributed by atoms with Crippen LogP contribution in [0.25, 0.3) is 0 Å². The predicted molar refractivity (Wildman–Crippen MR) is 116 cm³/mol. The van der Waals surface area contributed by atoms with E-state index in [0.717, 1.165) is 23.3 Å². The summed E-state index contributed by atoms with van der Waals surface area (Å²) in [6.07, 6.45) is -4.04. The summed E-state index contributed by atoms with van der Waals surface area (Å²) in [5.41, 5.74) is -0.687. The summed E-state index contributed by atoms with van der Waals surface area (Å²) >= 11 is 0. The lowest BCUT2D eigenvalue weighted by Gasteiger charge is -2.19. The van der Waals surface area contributed by atoms with Crippen LogP contribution in [0.15, 0.2) is 66.7 Å². The first-order valence-electron chi connectivity index (χ1n) is 10.3. The maximum Gasteiger partial charge on any atom is 0.417 e. The van der Waals surface area contributed by atoms with Crippen molar-refractivity contribution >= 4 is 11.6 Å². The van der Waals surface area contributed by atoms with E-state index < -0.39 is 34.4 Å². The van der Waals surface area contributed by atoms with E-state index in [9.17, 15) is 22.4 Å². The smallest absolute Gasteiger partial charge is 0.326 e. The molecule has 1 saturated carbocycles. The number of amides is 1. The first-order valence-corrected chi connectivity index (χ1v) is 10.3. The quantitative estimate of drug-likeness (QED) is 0.476. The fourth-order valence-corrected chi connectivity index (χ4v) is 4.23. The van der Waals surface area contributed by atoms with Crippen molar-refractivity contribution in [2.75, 3.05) is 5.32 Å². The van der Waals surface area contributed by atoms with E-state index in [1.54, 1.807) is 36.4 Å². The third-order valence-electron chi connectivity index (χ3n) is 6.11. The van der Waals surface area contributed by atoms with Crippen LogP contribution < -0.4 is 5.32 Å². The van der Waals surface area contributed by atoms with Gasteiger partial charge in [-0.25, -0.2) is 4.39 Å². The Morgan fingerprint density at radius 1 is 1.00 bits per heavy atom. The summed E-state index contributed by atoms with van der Waals surface area (Å²) in [5.74, 6) is -1.14. The molecule has 2 unspecified atom stereocenters. The topological polar surface area (TPSA) is 76.7 Å². The van der Waals surface area contributed by atoms with Crippen LogP contribution in [0.3, 0.4) is 0 Å². The summed E-state index contributed by atoms with van der Waals surface area (Å²) < 4.78 is 53.4. The van der Waals surface area contributed by atoms with Crippen molar-refractivity contribution in [2.24, 2.45) is 5.41 Å². The van der Waals surface area contributed by atoms with Crippen molar-refractivity contribution in [3.63, 3.8) is 0 Å². The second-order valence-corrected chi connectivity index (χ2v) is 8.27. The van der Waals surface area contributed by atoms with Crippen LogP contribution in [0.4, 0.5) is 23.2 Å². The first kappa shape index (κ1) is 23.0. The lowest BCUT2D eigenvalue weighted by Crippen LogP contribution is -2.28. The molecule has 4 rings (SSSR count). The van der Waals surface area contributed by atoms with Crippen LogP contribution in [0.1, 0.15) is 40.2 Å². The third-order valence-corrected chi connectivity index (χ3v) is 6.11. The maximum atomic E-state index is 13.4. The minimum atomic E-state index is -4.75. The zero-order chi connectivity index (χ0) is 24.5. The van der Waals surface area contributed by atoms with Crippen LogP contribution in [0.5, 0.6) is 0 Å². The molecule has 1 fully saturated rings. The van der Waals surface area contributed by atoms with Gasteiger partial charge in [-0.2, -0.15) is 23.7 Å². The van der Waals surface area contributed by atoms with Gasteiger partial charge in [0.05, 0.1) is 34.2 Å². The third kappa shape index (κ3) is 4.49. The van der Waals surface area contributed by atoms with Crippen LogP contribution >= 0.6 is 0 Å². The minimum Gasteiger partial charge on any atom is -0.326 e. The molecule has 34 heavy (non-hydrogen) atoms. The van der Waals surface area contributed by atoms with Gasteiger partial charge >= 0.3 is 6.18 Å². The Balaban J connectivity index is 1.65. The Morgan fingerprint density at radius 3 is 2.26 bits per heavy atom. The standard InChI is InChI=1S/C26H17F4N3O/c27-20-8-5-18(6-9-20)23-13-25(23,12-16-1-3-17(14-31)4-2-16)24(34)33-21-10-7-19(15-32)22(11-21)26(28,29)30/h1-11,23H,12-13H2,(H,33,34). The molecule has 3 aromatic carbocycles. The number of hydrogen-bond acceptors (Lipinski definition) is 3. The number of carbonyl (C=O) groups excluding carboxylic acids is 1. The van der Waals surface area contributed by atoms with Crippen LogP contribution in [0.2, 0.25) is 0 Å². The van der Waals surface area contributed by atoms with Crippen LogP contribution in [-0.4, -0.2) is 5.91 Å². The van der Waals surface area contributed by atoms with Gasteiger partial charge in [-0.3, -0.25) is 4.79 Å². The summed E-state index contributed by atoms with van der Waals surface area (Å²) in [6, 6.07) is 19.1. The zero-order valence-corrected chi connectivity index (χ0v) is 17.7. The number of carbonyl (C=O) groups is 1. The molecule has 0 saturated heterocycles. The van der Waals surface area contributed by atoms with Gasteiger partial charge in [0.15, 0.2) is 0 Å². The monoisotopic (exact) mass is 463 g/mol. The van der Waals surface area contributed by atoms with Gasteiger partial charge in [0.25, 0.3) is 0 Å². The molecule has 2 atom stereocenters. The molecule has 1 N–H and O–H groups in total. The van der Waals surface area contributed by atoms with Gasteiger partial charge in [-0.1, -0.05) is 24.3 Å². The van der Waals surface area contributed by atoms with E-state index in [4.69, 9.17) is 10.5 Å². The second-order valence-electron chi connectivity index (χ2n) is 8.27. The van der Waals surface area contributed by atoms with Crippen molar-refractivity contribution in [3.05, 3.63) is 100 Å². The molecular formula is C26H17F4N3O. The molecule has 1 amide bonds. The van der Waals surface area contributed by atoms with Crippen LogP contribution in [0, 0.1) is 33.9 Å². The van der Waals surface area contributed by atoms with Gasteiger partial charge in [-0.05, 0) is 72.4 Å².